The lowest BCUT2D eigenvalue weighted by molar-refractivity contribution is -0.140. The number of rotatable bonds is 11. The van der Waals surface area contributed by atoms with Crippen molar-refractivity contribution in [2.75, 3.05) is 13.7 Å². The van der Waals surface area contributed by atoms with Crippen LogP contribution in [0.2, 0.25) is 0 Å². The molecule has 5 nitrogen and oxygen atoms in total. The number of carbonyl (C=O) groups excluding carboxylic acids is 2. The van der Waals surface area contributed by atoms with Crippen LogP contribution in [0.3, 0.4) is 0 Å². The Balaban J connectivity index is 2.22. The first-order chi connectivity index (χ1) is 14.5. The average molecular weight is 411 g/mol. The van der Waals surface area contributed by atoms with Gasteiger partial charge in [-0.25, -0.2) is 0 Å². The second-order valence-corrected chi connectivity index (χ2v) is 7.60. The summed E-state index contributed by atoms with van der Waals surface area (Å²) in [6.45, 7) is 7.08. The van der Waals surface area contributed by atoms with Crippen molar-refractivity contribution in [3.63, 3.8) is 0 Å². The molecule has 0 aliphatic heterocycles. The molecule has 162 valence electrons. The molecule has 0 fully saturated rings. The number of ether oxygens (including phenoxy) is 1. The van der Waals surface area contributed by atoms with E-state index in [4.69, 9.17) is 4.74 Å². The maximum Gasteiger partial charge on any atom is 0.242 e. The number of carbonyl (C=O) groups is 2. The summed E-state index contributed by atoms with van der Waals surface area (Å²) < 4.78 is 5.23. The van der Waals surface area contributed by atoms with E-state index < -0.39 is 6.04 Å². The van der Waals surface area contributed by atoms with E-state index in [2.05, 4.69) is 12.2 Å². The van der Waals surface area contributed by atoms with E-state index in [9.17, 15) is 9.59 Å². The summed E-state index contributed by atoms with van der Waals surface area (Å²) in [7, 11) is 1.63. The summed E-state index contributed by atoms with van der Waals surface area (Å²) in [6.07, 6.45) is 2.78. The van der Waals surface area contributed by atoms with E-state index in [0.717, 1.165) is 35.3 Å². The van der Waals surface area contributed by atoms with Crippen LogP contribution in [0.1, 0.15) is 49.8 Å². The molecule has 2 rings (SSSR count). The third-order valence-electron chi connectivity index (χ3n) is 5.20. The molecule has 0 unspecified atom stereocenters. The van der Waals surface area contributed by atoms with E-state index in [-0.39, 0.29) is 18.2 Å². The lowest BCUT2D eigenvalue weighted by atomic mass is 10.1. The molecule has 30 heavy (non-hydrogen) atoms. The van der Waals surface area contributed by atoms with Gasteiger partial charge in [0, 0.05) is 13.1 Å². The molecule has 0 bridgehead atoms. The Morgan fingerprint density at radius 2 is 1.63 bits per heavy atom. The molecular weight excluding hydrogens is 376 g/mol. The molecule has 1 atom stereocenters. The summed E-state index contributed by atoms with van der Waals surface area (Å²) in [6, 6.07) is 15.1. The number of methoxy groups -OCH3 is 1. The van der Waals surface area contributed by atoms with Gasteiger partial charge in [-0.15, -0.1) is 0 Å². The molecule has 0 saturated heterocycles. The number of aryl methyl sites for hydroxylation is 1. The van der Waals surface area contributed by atoms with E-state index >= 15 is 0 Å². The quantitative estimate of drug-likeness (QED) is 0.563. The SMILES string of the molecule is CCCCNC(=O)[C@@H](CC)N(Cc1ccc(OC)cc1)C(=O)Cc1ccc(C)cc1. The number of nitrogens with zero attached hydrogens (tertiary/aromatic N) is 1. The van der Waals surface area contributed by atoms with Crippen molar-refractivity contribution >= 4 is 11.8 Å². The summed E-state index contributed by atoms with van der Waals surface area (Å²) >= 11 is 0. The molecule has 2 aromatic rings. The molecule has 0 aromatic heterocycles. The highest BCUT2D eigenvalue weighted by Crippen LogP contribution is 2.17. The monoisotopic (exact) mass is 410 g/mol. The number of amides is 2. The zero-order chi connectivity index (χ0) is 21.9. The zero-order valence-electron chi connectivity index (χ0n) is 18.6. The Hall–Kier alpha value is -2.82. The Kier molecular flexibility index (Phi) is 9.39. The van der Waals surface area contributed by atoms with Crippen molar-refractivity contribution in [3.8, 4) is 5.75 Å². The van der Waals surface area contributed by atoms with Gasteiger partial charge in [0.2, 0.25) is 11.8 Å². The van der Waals surface area contributed by atoms with Gasteiger partial charge in [-0.3, -0.25) is 9.59 Å². The molecule has 5 heteroatoms. The zero-order valence-corrected chi connectivity index (χ0v) is 18.6. The molecule has 0 aliphatic rings. The fourth-order valence-electron chi connectivity index (χ4n) is 3.34. The van der Waals surface area contributed by atoms with Crippen molar-refractivity contribution in [2.45, 2.75) is 59.0 Å². The third-order valence-corrected chi connectivity index (χ3v) is 5.20. The second-order valence-electron chi connectivity index (χ2n) is 7.60. The Morgan fingerprint density at radius 3 is 2.20 bits per heavy atom. The maximum absolute atomic E-state index is 13.3. The van der Waals surface area contributed by atoms with Crippen LogP contribution in [0, 0.1) is 6.92 Å². The highest BCUT2D eigenvalue weighted by atomic mass is 16.5. The highest BCUT2D eigenvalue weighted by molar-refractivity contribution is 5.88. The first kappa shape index (κ1) is 23.5. The van der Waals surface area contributed by atoms with Crippen molar-refractivity contribution in [2.24, 2.45) is 0 Å². The Bertz CT molecular complexity index is 800. The number of hydrogen-bond donors (Lipinski definition) is 1. The minimum atomic E-state index is -0.498. The fourth-order valence-corrected chi connectivity index (χ4v) is 3.34. The molecule has 0 radical (unpaired) electrons. The predicted molar refractivity (Wildman–Crippen MR) is 120 cm³/mol. The molecule has 0 heterocycles. The van der Waals surface area contributed by atoms with Crippen LogP contribution in [0.25, 0.3) is 0 Å². The Labute approximate surface area is 180 Å². The molecule has 1 N–H and O–H groups in total. The molecule has 2 amide bonds. The summed E-state index contributed by atoms with van der Waals surface area (Å²) in [5.74, 6) is 0.629. The topological polar surface area (TPSA) is 58.6 Å². The number of benzene rings is 2. The van der Waals surface area contributed by atoms with Crippen molar-refractivity contribution < 1.29 is 14.3 Å². The van der Waals surface area contributed by atoms with Gasteiger partial charge >= 0.3 is 0 Å². The average Bonchev–Trinajstić information content (AvgIpc) is 2.75. The first-order valence-corrected chi connectivity index (χ1v) is 10.7. The van der Waals surface area contributed by atoms with Crippen LogP contribution in [0.15, 0.2) is 48.5 Å². The number of nitrogens with one attached hydrogen (secondary N) is 1. The van der Waals surface area contributed by atoms with Gasteiger partial charge in [-0.1, -0.05) is 62.2 Å². The summed E-state index contributed by atoms with van der Waals surface area (Å²) in [4.78, 5) is 27.9. The lowest BCUT2D eigenvalue weighted by Gasteiger charge is -2.31. The molecule has 0 saturated carbocycles. The molecule has 0 aliphatic carbocycles. The van der Waals surface area contributed by atoms with Gasteiger partial charge in [0.25, 0.3) is 0 Å². The molecule has 2 aromatic carbocycles. The van der Waals surface area contributed by atoms with Gasteiger partial charge in [-0.05, 0) is 43.0 Å². The minimum Gasteiger partial charge on any atom is -0.497 e. The van der Waals surface area contributed by atoms with E-state index in [1.807, 2.05) is 62.4 Å². The van der Waals surface area contributed by atoms with Crippen LogP contribution in [0.4, 0.5) is 0 Å². The minimum absolute atomic E-state index is 0.0489. The van der Waals surface area contributed by atoms with Gasteiger partial charge < -0.3 is 15.0 Å². The van der Waals surface area contributed by atoms with Gasteiger partial charge in [0.15, 0.2) is 0 Å². The first-order valence-electron chi connectivity index (χ1n) is 10.7. The second kappa shape index (κ2) is 12.0. The summed E-state index contributed by atoms with van der Waals surface area (Å²) in [5, 5.41) is 2.99. The van der Waals surface area contributed by atoms with Crippen molar-refractivity contribution in [1.29, 1.82) is 0 Å². The van der Waals surface area contributed by atoms with Crippen LogP contribution < -0.4 is 10.1 Å². The number of unbranched alkanes of at least 4 members (excludes halogenated alkanes) is 1. The largest absolute Gasteiger partial charge is 0.497 e. The Morgan fingerprint density at radius 1 is 1.00 bits per heavy atom. The normalized spacial score (nSPS) is 11.6. The van der Waals surface area contributed by atoms with Crippen LogP contribution in [-0.2, 0) is 22.6 Å². The molecular formula is C25H34N2O3. The lowest BCUT2D eigenvalue weighted by Crippen LogP contribution is -2.49. The smallest absolute Gasteiger partial charge is 0.242 e. The third kappa shape index (κ3) is 6.90. The van der Waals surface area contributed by atoms with Crippen LogP contribution in [0.5, 0.6) is 5.75 Å². The maximum atomic E-state index is 13.3. The van der Waals surface area contributed by atoms with E-state index in [0.29, 0.717) is 19.5 Å². The van der Waals surface area contributed by atoms with E-state index in [1.54, 1.807) is 12.0 Å². The standard InChI is InChI=1S/C25H34N2O3/c1-5-7-16-26-25(29)23(6-2)27(18-21-12-14-22(30-4)15-13-21)24(28)17-20-10-8-19(3)9-11-20/h8-15,23H,5-7,16-18H2,1-4H3,(H,26,29)/t23-/m1/s1. The summed E-state index contributed by atoms with van der Waals surface area (Å²) in [5.41, 5.74) is 3.07. The highest BCUT2D eigenvalue weighted by Gasteiger charge is 2.28. The van der Waals surface area contributed by atoms with Crippen LogP contribution >= 0.6 is 0 Å². The van der Waals surface area contributed by atoms with Gasteiger partial charge in [0.05, 0.1) is 13.5 Å². The van der Waals surface area contributed by atoms with Crippen molar-refractivity contribution in [1.82, 2.24) is 10.2 Å². The van der Waals surface area contributed by atoms with Crippen LogP contribution in [-0.4, -0.2) is 36.4 Å². The molecule has 0 spiro atoms. The fraction of sp³-hybridized carbons (Fsp3) is 0.440. The van der Waals surface area contributed by atoms with Gasteiger partial charge in [0.1, 0.15) is 11.8 Å². The van der Waals surface area contributed by atoms with Crippen molar-refractivity contribution in [3.05, 3.63) is 65.2 Å². The predicted octanol–water partition coefficient (Wildman–Crippen LogP) is 4.27. The van der Waals surface area contributed by atoms with Gasteiger partial charge in [-0.2, -0.15) is 0 Å². The number of hydrogen-bond acceptors (Lipinski definition) is 3. The van der Waals surface area contributed by atoms with E-state index in [1.165, 1.54) is 0 Å².